The maximum Gasteiger partial charge on any atom is 0.410 e. The first-order valence-corrected chi connectivity index (χ1v) is 9.99. The van der Waals surface area contributed by atoms with E-state index in [4.69, 9.17) is 4.74 Å². The number of Topliss-reactive ketones (excluding diaryl/α,β-unsaturated/α-hetero) is 1. The normalized spacial score (nSPS) is 25.1. The molecule has 0 spiro atoms. The average molecular weight is 373 g/mol. The Kier molecular flexibility index (Phi) is 5.50. The fourth-order valence-electron chi connectivity index (χ4n) is 4.50. The summed E-state index contributed by atoms with van der Waals surface area (Å²) in [7, 11) is 3.93. The largest absolute Gasteiger partial charge is 0.444 e. The van der Waals surface area contributed by atoms with Gasteiger partial charge in [0.2, 0.25) is 0 Å². The van der Waals surface area contributed by atoms with Crippen molar-refractivity contribution in [2.24, 2.45) is 5.92 Å². The highest BCUT2D eigenvalue weighted by Gasteiger charge is 2.44. The van der Waals surface area contributed by atoms with Gasteiger partial charge in [0, 0.05) is 43.3 Å². The average Bonchev–Trinajstić information content (AvgIpc) is 2.58. The zero-order valence-electron chi connectivity index (χ0n) is 17.2. The quantitative estimate of drug-likeness (QED) is 0.733. The summed E-state index contributed by atoms with van der Waals surface area (Å²) in [4.78, 5) is 29.9. The van der Waals surface area contributed by atoms with Gasteiger partial charge >= 0.3 is 6.09 Å². The molecule has 3 rings (SSSR count). The molecule has 2 fully saturated rings. The van der Waals surface area contributed by atoms with Crippen molar-refractivity contribution < 1.29 is 14.3 Å². The van der Waals surface area contributed by atoms with Crippen LogP contribution in [-0.4, -0.2) is 48.6 Å². The molecule has 27 heavy (non-hydrogen) atoms. The number of carbonyl (C=O) groups is 2. The fraction of sp³-hybridized carbons (Fsp3) is 0.636. The van der Waals surface area contributed by atoms with E-state index in [1.165, 1.54) is 0 Å². The van der Waals surface area contributed by atoms with Crippen LogP contribution >= 0.6 is 0 Å². The molecule has 2 saturated heterocycles. The molecule has 2 aliphatic heterocycles. The van der Waals surface area contributed by atoms with Gasteiger partial charge in [0.25, 0.3) is 0 Å². The van der Waals surface area contributed by atoms with Crippen molar-refractivity contribution in [2.75, 3.05) is 19.0 Å². The highest BCUT2D eigenvalue weighted by molar-refractivity contribution is 6.03. The maximum absolute atomic E-state index is 13.3. The minimum absolute atomic E-state index is 0.0277. The summed E-state index contributed by atoms with van der Waals surface area (Å²) in [6.45, 7) is 5.69. The molecule has 0 aliphatic carbocycles. The molecule has 1 aromatic carbocycles. The van der Waals surface area contributed by atoms with E-state index >= 15 is 0 Å². The number of amides is 1. The first-order chi connectivity index (χ1) is 12.7. The second-order valence-electron chi connectivity index (χ2n) is 9.07. The Morgan fingerprint density at radius 1 is 1.07 bits per heavy atom. The van der Waals surface area contributed by atoms with Crippen LogP contribution in [0.1, 0.15) is 63.2 Å². The molecule has 148 valence electrons. The molecule has 1 aromatic rings. The number of rotatable bonds is 3. The van der Waals surface area contributed by atoms with Gasteiger partial charge in [0.05, 0.1) is 0 Å². The maximum atomic E-state index is 13.3. The predicted octanol–water partition coefficient (Wildman–Crippen LogP) is 4.50. The van der Waals surface area contributed by atoms with Crippen LogP contribution < -0.4 is 4.90 Å². The van der Waals surface area contributed by atoms with E-state index in [1.54, 1.807) is 0 Å². The third-order valence-corrected chi connectivity index (χ3v) is 5.60. The van der Waals surface area contributed by atoms with Gasteiger partial charge in [-0.1, -0.05) is 12.1 Å². The van der Waals surface area contributed by atoms with Crippen molar-refractivity contribution in [3.63, 3.8) is 0 Å². The van der Waals surface area contributed by atoms with Crippen LogP contribution in [0.15, 0.2) is 24.3 Å². The summed E-state index contributed by atoms with van der Waals surface area (Å²) in [5, 5.41) is 0. The lowest BCUT2D eigenvalue weighted by Crippen LogP contribution is -2.56. The van der Waals surface area contributed by atoms with Crippen molar-refractivity contribution in [1.82, 2.24) is 4.90 Å². The molecule has 0 radical (unpaired) electrons. The van der Waals surface area contributed by atoms with E-state index in [-0.39, 0.29) is 29.9 Å². The van der Waals surface area contributed by atoms with Gasteiger partial charge in [0.15, 0.2) is 5.78 Å². The van der Waals surface area contributed by atoms with E-state index in [0.717, 1.165) is 43.4 Å². The summed E-state index contributed by atoms with van der Waals surface area (Å²) in [6, 6.07) is 8.01. The van der Waals surface area contributed by atoms with Gasteiger partial charge in [0.1, 0.15) is 5.60 Å². The van der Waals surface area contributed by atoms with Gasteiger partial charge in [-0.15, -0.1) is 0 Å². The highest BCUT2D eigenvalue weighted by atomic mass is 16.6. The summed E-state index contributed by atoms with van der Waals surface area (Å²) in [6.07, 6.45) is 4.26. The minimum Gasteiger partial charge on any atom is -0.444 e. The van der Waals surface area contributed by atoms with Crippen LogP contribution in [0.5, 0.6) is 0 Å². The molecule has 1 amide bonds. The molecule has 2 heterocycles. The lowest BCUT2D eigenvalue weighted by molar-refractivity contribution is -0.0260. The summed E-state index contributed by atoms with van der Waals surface area (Å²) in [5.74, 6) is 0.181. The molecule has 5 heteroatoms. The molecule has 0 saturated carbocycles. The second kappa shape index (κ2) is 7.53. The number of ether oxygens (including phenoxy) is 1. The lowest BCUT2D eigenvalue weighted by Gasteiger charge is -2.48. The Balaban J connectivity index is 1.79. The molecule has 2 bridgehead atoms. The Morgan fingerprint density at radius 2 is 1.67 bits per heavy atom. The number of fused-ring (bicyclic) bond motifs is 2. The minimum atomic E-state index is -0.497. The first kappa shape index (κ1) is 19.7. The van der Waals surface area contributed by atoms with Crippen LogP contribution in [-0.2, 0) is 4.74 Å². The van der Waals surface area contributed by atoms with E-state index in [1.807, 2.05) is 68.9 Å². The molecule has 2 atom stereocenters. The molecular weight excluding hydrogens is 340 g/mol. The lowest BCUT2D eigenvalue weighted by atomic mass is 9.75. The van der Waals surface area contributed by atoms with Gasteiger partial charge < -0.3 is 14.5 Å². The molecule has 5 nitrogen and oxygen atoms in total. The van der Waals surface area contributed by atoms with E-state index in [9.17, 15) is 9.59 Å². The van der Waals surface area contributed by atoms with Gasteiger partial charge in [-0.25, -0.2) is 4.79 Å². The summed E-state index contributed by atoms with van der Waals surface area (Å²) >= 11 is 0. The zero-order chi connectivity index (χ0) is 19.8. The number of nitrogens with zero attached hydrogens (tertiary/aromatic N) is 2. The SMILES string of the molecule is CN(C)c1ccccc1C(=O)C1CC2CCCC(C1)N2C(=O)OC(C)(C)C. The number of anilines is 1. The zero-order valence-corrected chi connectivity index (χ0v) is 17.2. The second-order valence-corrected chi connectivity index (χ2v) is 9.07. The van der Waals surface area contributed by atoms with Crippen LogP contribution in [0.3, 0.4) is 0 Å². The molecule has 0 aromatic heterocycles. The fourth-order valence-corrected chi connectivity index (χ4v) is 4.50. The van der Waals surface area contributed by atoms with E-state index in [2.05, 4.69) is 0 Å². The van der Waals surface area contributed by atoms with Crippen LogP contribution in [0.2, 0.25) is 0 Å². The van der Waals surface area contributed by atoms with Gasteiger partial charge in [-0.05, 0) is 65.0 Å². The molecule has 2 aliphatic rings. The number of carbonyl (C=O) groups excluding carboxylic acids is 2. The van der Waals surface area contributed by atoms with Crippen LogP contribution in [0.25, 0.3) is 0 Å². The summed E-state index contributed by atoms with van der Waals surface area (Å²) in [5.41, 5.74) is 1.25. The number of para-hydroxylation sites is 1. The Hall–Kier alpha value is -2.04. The third kappa shape index (κ3) is 4.28. The van der Waals surface area contributed by atoms with E-state index < -0.39 is 5.60 Å². The number of hydrogen-bond donors (Lipinski definition) is 0. The third-order valence-electron chi connectivity index (χ3n) is 5.60. The Morgan fingerprint density at radius 3 is 2.22 bits per heavy atom. The van der Waals surface area contributed by atoms with Crippen LogP contribution in [0.4, 0.5) is 10.5 Å². The van der Waals surface area contributed by atoms with Gasteiger partial charge in [-0.3, -0.25) is 4.79 Å². The van der Waals surface area contributed by atoms with E-state index in [0.29, 0.717) is 0 Å². The first-order valence-electron chi connectivity index (χ1n) is 9.99. The Labute approximate surface area is 162 Å². The van der Waals surface area contributed by atoms with Crippen molar-refractivity contribution >= 4 is 17.6 Å². The smallest absolute Gasteiger partial charge is 0.410 e. The summed E-state index contributed by atoms with van der Waals surface area (Å²) < 4.78 is 5.64. The number of benzene rings is 1. The number of piperidine rings is 2. The topological polar surface area (TPSA) is 49.9 Å². The predicted molar refractivity (Wildman–Crippen MR) is 107 cm³/mol. The van der Waals surface area contributed by atoms with Crippen LogP contribution in [0, 0.1) is 5.92 Å². The Bertz CT molecular complexity index is 694. The number of hydrogen-bond acceptors (Lipinski definition) is 4. The highest BCUT2D eigenvalue weighted by Crippen LogP contribution is 2.40. The van der Waals surface area contributed by atoms with Crippen molar-refractivity contribution in [3.8, 4) is 0 Å². The molecular formula is C22H32N2O3. The van der Waals surface area contributed by atoms with Gasteiger partial charge in [-0.2, -0.15) is 0 Å². The van der Waals surface area contributed by atoms with Crippen molar-refractivity contribution in [3.05, 3.63) is 29.8 Å². The molecule has 2 unspecified atom stereocenters. The van der Waals surface area contributed by atoms with Crippen molar-refractivity contribution in [2.45, 2.75) is 70.6 Å². The standard InChI is InChI=1S/C22H32N2O3/c1-22(2,3)27-21(26)24-16-9-8-10-17(24)14-15(13-16)20(25)18-11-6-7-12-19(18)23(4)5/h6-7,11-12,15-17H,8-10,13-14H2,1-5H3. The molecule has 0 N–H and O–H groups in total. The monoisotopic (exact) mass is 372 g/mol. The van der Waals surface area contributed by atoms with Crippen molar-refractivity contribution in [1.29, 1.82) is 0 Å². The number of ketones is 1.